The SMILES string of the molecule is CC(C)[C@H](N)C(=O)NCC(=O)Nc1cc(F)ccc1OCC1CCCO1. The summed E-state index contributed by atoms with van der Waals surface area (Å²) in [5, 5.41) is 5.01. The molecule has 0 saturated carbocycles. The van der Waals surface area contributed by atoms with Crippen LogP contribution in [-0.2, 0) is 14.3 Å². The van der Waals surface area contributed by atoms with E-state index in [-0.39, 0.29) is 24.3 Å². The number of halogens is 1. The molecule has 26 heavy (non-hydrogen) atoms. The maximum absolute atomic E-state index is 13.5. The molecule has 0 radical (unpaired) electrons. The summed E-state index contributed by atoms with van der Waals surface area (Å²) in [5.74, 6) is -1.11. The second-order valence-electron chi connectivity index (χ2n) is 6.62. The summed E-state index contributed by atoms with van der Waals surface area (Å²) in [6.45, 7) is 4.40. The molecule has 0 bridgehead atoms. The number of benzene rings is 1. The molecule has 1 heterocycles. The van der Waals surface area contributed by atoms with Crippen molar-refractivity contribution >= 4 is 17.5 Å². The molecule has 2 atom stereocenters. The van der Waals surface area contributed by atoms with E-state index in [4.69, 9.17) is 15.2 Å². The number of hydrogen-bond acceptors (Lipinski definition) is 5. The molecule has 1 aromatic rings. The monoisotopic (exact) mass is 367 g/mol. The highest BCUT2D eigenvalue weighted by Crippen LogP contribution is 2.26. The van der Waals surface area contributed by atoms with Gasteiger partial charge in [0.1, 0.15) is 18.2 Å². The molecule has 2 amide bonds. The summed E-state index contributed by atoms with van der Waals surface area (Å²) in [7, 11) is 0. The van der Waals surface area contributed by atoms with Crippen LogP contribution in [-0.4, -0.2) is 43.7 Å². The molecule has 1 fully saturated rings. The van der Waals surface area contributed by atoms with E-state index < -0.39 is 23.7 Å². The third-order valence-electron chi connectivity index (χ3n) is 4.11. The number of ether oxygens (including phenoxy) is 2. The highest BCUT2D eigenvalue weighted by atomic mass is 19.1. The predicted molar refractivity (Wildman–Crippen MR) is 95.3 cm³/mol. The van der Waals surface area contributed by atoms with E-state index in [9.17, 15) is 14.0 Å². The molecule has 2 rings (SSSR count). The average molecular weight is 367 g/mol. The van der Waals surface area contributed by atoms with Gasteiger partial charge >= 0.3 is 0 Å². The van der Waals surface area contributed by atoms with Gasteiger partial charge in [-0.2, -0.15) is 0 Å². The van der Waals surface area contributed by atoms with Gasteiger partial charge in [-0.05, 0) is 30.9 Å². The zero-order chi connectivity index (χ0) is 19.1. The fraction of sp³-hybridized carbons (Fsp3) is 0.556. The van der Waals surface area contributed by atoms with Gasteiger partial charge in [-0.25, -0.2) is 4.39 Å². The largest absolute Gasteiger partial charge is 0.489 e. The lowest BCUT2D eigenvalue weighted by Gasteiger charge is -2.17. The molecule has 1 saturated heterocycles. The number of nitrogens with one attached hydrogen (secondary N) is 2. The fourth-order valence-corrected chi connectivity index (χ4v) is 2.47. The first kappa shape index (κ1) is 20.1. The summed E-state index contributed by atoms with van der Waals surface area (Å²) >= 11 is 0. The highest BCUT2D eigenvalue weighted by molar-refractivity contribution is 5.96. The van der Waals surface area contributed by atoms with Gasteiger partial charge < -0.3 is 25.8 Å². The predicted octanol–water partition coefficient (Wildman–Crippen LogP) is 1.42. The molecule has 1 aliphatic rings. The van der Waals surface area contributed by atoms with Crippen LogP contribution in [0.2, 0.25) is 0 Å². The number of anilines is 1. The molecule has 0 aromatic heterocycles. The van der Waals surface area contributed by atoms with E-state index in [2.05, 4.69) is 10.6 Å². The molecular weight excluding hydrogens is 341 g/mol. The lowest BCUT2D eigenvalue weighted by molar-refractivity contribution is -0.125. The van der Waals surface area contributed by atoms with Gasteiger partial charge in [0.05, 0.1) is 24.4 Å². The molecule has 8 heteroatoms. The Morgan fingerprint density at radius 2 is 2.19 bits per heavy atom. The molecule has 0 aliphatic carbocycles. The average Bonchev–Trinajstić information content (AvgIpc) is 3.11. The molecule has 4 N–H and O–H groups in total. The zero-order valence-corrected chi connectivity index (χ0v) is 15.1. The fourth-order valence-electron chi connectivity index (χ4n) is 2.47. The molecular formula is C18H26FN3O4. The third kappa shape index (κ3) is 5.96. The first-order valence-corrected chi connectivity index (χ1v) is 8.74. The van der Waals surface area contributed by atoms with E-state index in [1.54, 1.807) is 0 Å². The minimum atomic E-state index is -0.692. The molecule has 1 unspecified atom stereocenters. The van der Waals surface area contributed by atoms with E-state index >= 15 is 0 Å². The van der Waals surface area contributed by atoms with Gasteiger partial charge in [0.25, 0.3) is 0 Å². The number of amides is 2. The quantitative estimate of drug-likeness (QED) is 0.645. The molecule has 144 valence electrons. The Kier molecular flexibility index (Phi) is 7.35. The van der Waals surface area contributed by atoms with E-state index in [0.29, 0.717) is 19.0 Å². The van der Waals surface area contributed by atoms with Crippen LogP contribution in [0.3, 0.4) is 0 Å². The Balaban J connectivity index is 1.91. The summed E-state index contributed by atoms with van der Waals surface area (Å²) < 4.78 is 24.7. The second kappa shape index (κ2) is 9.49. The van der Waals surface area contributed by atoms with Crippen molar-refractivity contribution in [2.45, 2.75) is 38.8 Å². The van der Waals surface area contributed by atoms with Crippen molar-refractivity contribution < 1.29 is 23.5 Å². The Morgan fingerprint density at radius 1 is 1.42 bits per heavy atom. The number of nitrogens with two attached hydrogens (primary N) is 1. The van der Waals surface area contributed by atoms with Crippen LogP contribution in [0.25, 0.3) is 0 Å². The van der Waals surface area contributed by atoms with Crippen molar-refractivity contribution in [2.24, 2.45) is 11.7 Å². The molecule has 0 spiro atoms. The van der Waals surface area contributed by atoms with Crippen molar-refractivity contribution in [1.29, 1.82) is 0 Å². The smallest absolute Gasteiger partial charge is 0.243 e. The maximum atomic E-state index is 13.5. The Hall–Kier alpha value is -2.19. The summed E-state index contributed by atoms with van der Waals surface area (Å²) in [5.41, 5.74) is 5.92. The lowest BCUT2D eigenvalue weighted by atomic mass is 10.1. The third-order valence-corrected chi connectivity index (χ3v) is 4.11. The van der Waals surface area contributed by atoms with Gasteiger partial charge in [0, 0.05) is 12.7 Å². The van der Waals surface area contributed by atoms with E-state index in [1.165, 1.54) is 18.2 Å². The molecule has 1 aliphatic heterocycles. The van der Waals surface area contributed by atoms with E-state index in [0.717, 1.165) is 12.8 Å². The van der Waals surface area contributed by atoms with Crippen LogP contribution in [0, 0.1) is 11.7 Å². The normalized spacial score (nSPS) is 17.8. The van der Waals surface area contributed by atoms with Gasteiger partial charge in [-0.3, -0.25) is 9.59 Å². The number of carbonyl (C=O) groups is 2. The minimum Gasteiger partial charge on any atom is -0.489 e. The summed E-state index contributed by atoms with van der Waals surface area (Å²) in [6, 6.07) is 3.18. The summed E-state index contributed by atoms with van der Waals surface area (Å²) in [6.07, 6.45) is 1.89. The number of hydrogen-bond donors (Lipinski definition) is 3. The van der Waals surface area contributed by atoms with Crippen molar-refractivity contribution in [1.82, 2.24) is 5.32 Å². The van der Waals surface area contributed by atoms with Crippen LogP contribution in [0.15, 0.2) is 18.2 Å². The van der Waals surface area contributed by atoms with Crippen molar-refractivity contribution in [3.63, 3.8) is 0 Å². The van der Waals surface area contributed by atoms with Crippen molar-refractivity contribution in [3.05, 3.63) is 24.0 Å². The molecule has 7 nitrogen and oxygen atoms in total. The maximum Gasteiger partial charge on any atom is 0.243 e. The van der Waals surface area contributed by atoms with Crippen LogP contribution in [0.4, 0.5) is 10.1 Å². The standard InChI is InChI=1S/C18H26FN3O4/c1-11(2)17(20)18(24)21-9-16(23)22-14-8-12(19)5-6-15(14)26-10-13-4-3-7-25-13/h5-6,8,11,13,17H,3-4,7,9-10,20H2,1-2H3,(H,21,24)(H,22,23)/t13?,17-/m0/s1. The van der Waals surface area contributed by atoms with Crippen LogP contribution < -0.4 is 21.1 Å². The van der Waals surface area contributed by atoms with Gasteiger partial charge in [-0.1, -0.05) is 13.8 Å². The summed E-state index contributed by atoms with van der Waals surface area (Å²) in [4.78, 5) is 23.9. The number of carbonyl (C=O) groups excluding carboxylic acids is 2. The molecule has 1 aromatic carbocycles. The van der Waals surface area contributed by atoms with Crippen molar-refractivity contribution in [2.75, 3.05) is 25.1 Å². The van der Waals surface area contributed by atoms with Gasteiger partial charge in [0.15, 0.2) is 0 Å². The van der Waals surface area contributed by atoms with Crippen molar-refractivity contribution in [3.8, 4) is 5.75 Å². The lowest BCUT2D eigenvalue weighted by Crippen LogP contribution is -2.46. The Labute approximate surface area is 152 Å². The highest BCUT2D eigenvalue weighted by Gasteiger charge is 2.19. The zero-order valence-electron chi connectivity index (χ0n) is 15.1. The van der Waals surface area contributed by atoms with E-state index in [1.807, 2.05) is 13.8 Å². The topological polar surface area (TPSA) is 103 Å². The Morgan fingerprint density at radius 3 is 2.85 bits per heavy atom. The Bertz CT molecular complexity index is 633. The van der Waals surface area contributed by atoms with Crippen LogP contribution >= 0.6 is 0 Å². The van der Waals surface area contributed by atoms with Crippen LogP contribution in [0.1, 0.15) is 26.7 Å². The number of rotatable bonds is 8. The minimum absolute atomic E-state index is 0.000383. The van der Waals surface area contributed by atoms with Gasteiger partial charge in [0.2, 0.25) is 11.8 Å². The van der Waals surface area contributed by atoms with Crippen LogP contribution in [0.5, 0.6) is 5.75 Å². The first-order chi connectivity index (χ1) is 12.4. The first-order valence-electron chi connectivity index (χ1n) is 8.74. The van der Waals surface area contributed by atoms with Gasteiger partial charge in [-0.15, -0.1) is 0 Å². The second-order valence-corrected chi connectivity index (χ2v) is 6.62.